The maximum absolute atomic E-state index is 16.8. The van der Waals surface area contributed by atoms with E-state index in [9.17, 15) is 13.2 Å². The minimum atomic E-state index is -4.72. The minimum absolute atomic E-state index is 0.00140. The second-order valence-electron chi connectivity index (χ2n) is 20.9. The summed E-state index contributed by atoms with van der Waals surface area (Å²) in [5.41, 5.74) is 9.85. The van der Waals surface area contributed by atoms with Crippen LogP contribution in [0.1, 0.15) is 92.4 Å². The Morgan fingerprint density at radius 2 is 1.68 bits per heavy atom. The Bertz CT molecular complexity index is 3280. The number of amides is 1. The van der Waals surface area contributed by atoms with Crippen LogP contribution in [-0.2, 0) is 16.6 Å². The monoisotopic (exact) mass is 1040 g/mol. The number of fused-ring (bicyclic) bond motifs is 2. The number of hydrogen-bond donors (Lipinski definition) is 5. The van der Waals surface area contributed by atoms with Gasteiger partial charge < -0.3 is 40.3 Å². The molecule has 6 heterocycles. The Labute approximate surface area is 437 Å². The number of alkyl halides is 1. The fourth-order valence-electron chi connectivity index (χ4n) is 11.2. The van der Waals surface area contributed by atoms with Gasteiger partial charge in [0.1, 0.15) is 44.8 Å². The van der Waals surface area contributed by atoms with E-state index < -0.39 is 32.3 Å². The van der Waals surface area contributed by atoms with Gasteiger partial charge in [0.15, 0.2) is 0 Å². The first-order valence-corrected chi connectivity index (χ1v) is 27.4. The molecule has 396 valence electrons. The van der Waals surface area contributed by atoms with E-state index in [1.54, 1.807) is 19.4 Å². The van der Waals surface area contributed by atoms with Gasteiger partial charge in [-0.25, -0.2) is 31.9 Å². The molecule has 1 atom stereocenters. The van der Waals surface area contributed by atoms with Crippen molar-refractivity contribution < 1.29 is 31.5 Å². The van der Waals surface area contributed by atoms with E-state index in [1.165, 1.54) is 41.3 Å². The van der Waals surface area contributed by atoms with Gasteiger partial charge in [-0.05, 0) is 98.5 Å². The number of carbonyl (C=O) groups excluding carboxylic acids is 1. The minimum Gasteiger partial charge on any atom is -0.497 e. The first-order chi connectivity index (χ1) is 36.1. The number of sulfonamides is 1. The number of H-pyrrole nitrogens is 2. The lowest BCUT2D eigenvalue weighted by molar-refractivity contribution is 0.0270. The highest BCUT2D eigenvalue weighted by molar-refractivity contribution is 7.90. The van der Waals surface area contributed by atoms with Gasteiger partial charge in [-0.1, -0.05) is 50.2 Å². The van der Waals surface area contributed by atoms with Crippen molar-refractivity contribution in [2.75, 3.05) is 75.4 Å². The second-order valence-corrected chi connectivity index (χ2v) is 22.5. The maximum Gasteiger partial charge on any atom is 0.268 e. The van der Waals surface area contributed by atoms with Gasteiger partial charge in [-0.15, -0.1) is 0 Å². The Balaban J connectivity index is 0.890. The lowest BCUT2D eigenvalue weighted by atomic mass is 9.88. The number of ether oxygens (including phenoxy) is 2. The number of hydrogen-bond acceptors (Lipinski definition) is 13. The van der Waals surface area contributed by atoms with Gasteiger partial charge in [-0.2, -0.15) is 0 Å². The number of nitrogen functional groups attached to an aromatic ring is 1. The molecule has 3 aromatic heterocycles. The molecule has 6 N–H and O–H groups in total. The Morgan fingerprint density at radius 3 is 2.41 bits per heavy atom. The molecule has 3 saturated heterocycles. The third-order valence-electron chi connectivity index (χ3n) is 15.4. The van der Waals surface area contributed by atoms with Crippen molar-refractivity contribution in [3.63, 3.8) is 0 Å². The number of nitrogens with one attached hydrogen (secondary N) is 4. The molecule has 0 radical (unpaired) electrons. The quantitative estimate of drug-likeness (QED) is 0.0577. The van der Waals surface area contributed by atoms with Crippen molar-refractivity contribution in [1.82, 2.24) is 39.4 Å². The van der Waals surface area contributed by atoms with Crippen molar-refractivity contribution in [2.24, 2.45) is 0 Å². The fourth-order valence-corrected chi connectivity index (χ4v) is 12.4. The molecule has 3 aliphatic rings. The number of piperazine rings is 1. The number of nitrogens with zero attached hydrogens (tertiary/aromatic N) is 6. The van der Waals surface area contributed by atoms with Crippen LogP contribution in [0.25, 0.3) is 22.1 Å². The molecule has 10 rings (SSSR count). The first kappa shape index (κ1) is 51.7. The third-order valence-corrected chi connectivity index (χ3v) is 16.8. The zero-order valence-corrected chi connectivity index (χ0v) is 44.0. The fraction of sp³-hybridized carbons (Fsp3) is 0.411. The molecule has 0 spiro atoms. The highest BCUT2D eigenvalue weighted by Gasteiger charge is 2.38. The SMILES string of the molecule is COc1ccc(CN2CCN(C3CCN(c4cc(Oc5cnc6[nH]ccc6c5)c(C(=O)NS(=O)(=O)c5cc(N)c(NCC6(F)CCN(C(C)C)CC6)c6[nH]cnc56)cc4F)CC3)C(c3ccccc3C(C)C)C2)cc1. The number of nitrogens with two attached hydrogens (primary N) is 1. The van der Waals surface area contributed by atoms with Crippen molar-refractivity contribution in [2.45, 2.75) is 94.5 Å². The normalized spacial score (nSPS) is 18.3. The molecule has 0 bridgehead atoms. The van der Waals surface area contributed by atoms with Crippen LogP contribution in [0.3, 0.4) is 0 Å². The summed E-state index contributed by atoms with van der Waals surface area (Å²) in [5, 5.41) is 3.85. The van der Waals surface area contributed by atoms with E-state index >= 15 is 8.78 Å². The standard InChI is InChI=1S/C56H67F2N11O5S/c1-35(2)42-8-6-7-9-43(42)48-32-66(31-37-10-12-40(73-5)13-11-37)24-25-69(48)39-15-20-68(21-16-39)47-29-49(74-41-26-38-14-19-60-54(38)61-30-41)44(27-45(47)57)55(70)65-75(71,72)50-28-46(59)51(53-52(50)63-34-64-53)62-33-56(58)17-22-67(23-18-56)36(3)4/h6-14,19,26-30,34-36,39,48,62H,15-18,20-25,31-33,59H2,1-5H3,(H,60,61)(H,63,64)(H,65,70). The average molecular weight is 1040 g/mol. The van der Waals surface area contributed by atoms with Gasteiger partial charge in [0.05, 0.1) is 47.8 Å². The molecule has 75 heavy (non-hydrogen) atoms. The molecule has 3 aliphatic heterocycles. The number of piperidine rings is 2. The summed E-state index contributed by atoms with van der Waals surface area (Å²) in [6.07, 6.45) is 6.68. The van der Waals surface area contributed by atoms with Crippen LogP contribution >= 0.6 is 0 Å². The number of likely N-dealkylation sites (tertiary alicyclic amines) is 1. The Morgan fingerprint density at radius 1 is 0.920 bits per heavy atom. The van der Waals surface area contributed by atoms with E-state index in [1.807, 2.05) is 23.1 Å². The molecular formula is C56H67F2N11O5S. The van der Waals surface area contributed by atoms with Crippen LogP contribution in [0.5, 0.6) is 17.2 Å². The number of imidazole rings is 1. The molecule has 1 amide bonds. The van der Waals surface area contributed by atoms with Crippen molar-refractivity contribution in [3.8, 4) is 17.2 Å². The van der Waals surface area contributed by atoms with Crippen LogP contribution in [0.4, 0.5) is 25.8 Å². The van der Waals surface area contributed by atoms with Crippen LogP contribution in [0.2, 0.25) is 0 Å². The highest BCUT2D eigenvalue weighted by atomic mass is 32.2. The smallest absolute Gasteiger partial charge is 0.268 e. The van der Waals surface area contributed by atoms with Gasteiger partial charge in [-0.3, -0.25) is 14.6 Å². The van der Waals surface area contributed by atoms with Crippen molar-refractivity contribution >= 4 is 55.1 Å². The summed E-state index contributed by atoms with van der Waals surface area (Å²) in [6, 6.07) is 24.9. The molecule has 0 saturated carbocycles. The van der Waals surface area contributed by atoms with Crippen LogP contribution in [0, 0.1) is 5.82 Å². The summed E-state index contributed by atoms with van der Waals surface area (Å²) < 4.78 is 75.3. The molecule has 16 nitrogen and oxygen atoms in total. The summed E-state index contributed by atoms with van der Waals surface area (Å²) in [4.78, 5) is 38.0. The lowest BCUT2D eigenvalue weighted by Gasteiger charge is -2.48. The van der Waals surface area contributed by atoms with Crippen LogP contribution < -0.4 is 30.1 Å². The van der Waals surface area contributed by atoms with E-state index in [2.05, 4.69) is 109 Å². The zero-order chi connectivity index (χ0) is 52.6. The number of anilines is 3. The van der Waals surface area contributed by atoms with Crippen molar-refractivity contribution in [1.29, 1.82) is 0 Å². The molecule has 3 fully saturated rings. The average Bonchev–Trinajstić information content (AvgIpc) is 4.09. The van der Waals surface area contributed by atoms with Crippen LogP contribution in [-0.4, -0.2) is 126 Å². The molecular weight excluding hydrogens is 977 g/mol. The second kappa shape index (κ2) is 21.4. The summed E-state index contributed by atoms with van der Waals surface area (Å²) >= 11 is 0. The lowest BCUT2D eigenvalue weighted by Crippen LogP contribution is -2.54. The number of aromatic amines is 2. The summed E-state index contributed by atoms with van der Waals surface area (Å²) in [7, 11) is -3.04. The van der Waals surface area contributed by atoms with Gasteiger partial charge >= 0.3 is 0 Å². The Kier molecular flexibility index (Phi) is 14.8. The van der Waals surface area contributed by atoms with Crippen LogP contribution in [0.15, 0.2) is 102 Å². The van der Waals surface area contributed by atoms with Gasteiger partial charge in [0.25, 0.3) is 15.9 Å². The predicted molar refractivity (Wildman–Crippen MR) is 289 cm³/mol. The first-order valence-electron chi connectivity index (χ1n) is 26.0. The molecule has 7 aromatic rings. The number of carbonyl (C=O) groups is 1. The van der Waals surface area contributed by atoms with Crippen molar-refractivity contribution in [3.05, 3.63) is 126 Å². The number of aromatic nitrogens is 4. The third kappa shape index (κ3) is 11.0. The molecule has 19 heteroatoms. The summed E-state index contributed by atoms with van der Waals surface area (Å²) in [5.74, 6) is -0.497. The zero-order valence-electron chi connectivity index (χ0n) is 43.2. The number of pyridine rings is 1. The largest absolute Gasteiger partial charge is 0.497 e. The molecule has 1 unspecified atom stereocenters. The van der Waals surface area contributed by atoms with E-state index in [4.69, 9.17) is 15.2 Å². The van der Waals surface area contributed by atoms with E-state index in [0.717, 1.165) is 56.2 Å². The number of benzene rings is 4. The highest BCUT2D eigenvalue weighted by Crippen LogP contribution is 2.40. The maximum atomic E-state index is 16.8. The predicted octanol–water partition coefficient (Wildman–Crippen LogP) is 9.36. The molecule has 4 aromatic carbocycles. The van der Waals surface area contributed by atoms with E-state index in [0.29, 0.717) is 62.3 Å². The Hall–Kier alpha value is -6.80. The molecule has 0 aliphatic carbocycles. The number of rotatable bonds is 16. The van der Waals surface area contributed by atoms with Gasteiger partial charge in [0, 0.05) is 94.7 Å². The summed E-state index contributed by atoms with van der Waals surface area (Å²) in [6.45, 7) is 14.3. The van der Waals surface area contributed by atoms with E-state index in [-0.39, 0.29) is 58.1 Å². The number of methoxy groups -OCH3 is 1. The number of halogens is 2. The van der Waals surface area contributed by atoms with Gasteiger partial charge in [0.2, 0.25) is 0 Å². The topological polar surface area (TPSA) is 190 Å².